The molecule has 6 N–H and O–H groups in total. The zero-order valence-electron chi connectivity index (χ0n) is 14.3. The van der Waals surface area contributed by atoms with Crippen LogP contribution in [0, 0.1) is 0 Å². The Morgan fingerprint density at radius 2 is 1.61 bits per heavy atom. The first-order valence-electron chi connectivity index (χ1n) is 7.94. The van der Waals surface area contributed by atoms with Crippen molar-refractivity contribution in [1.82, 2.24) is 25.8 Å². The second-order valence-corrected chi connectivity index (χ2v) is 6.22. The number of carbonyl (C=O) groups is 2. The van der Waals surface area contributed by atoms with Gasteiger partial charge < -0.3 is 5.73 Å². The zero-order chi connectivity index (χ0) is 19.9. The molecule has 2 heterocycles. The second kappa shape index (κ2) is 8.77. The van der Waals surface area contributed by atoms with Gasteiger partial charge in [-0.3, -0.25) is 36.3 Å². The summed E-state index contributed by atoms with van der Waals surface area (Å²) in [7, 11) is 0. The molecular formula is C17H15BrN8O2. The average molecular weight is 443 g/mol. The Hall–Kier alpha value is -3.73. The highest BCUT2D eigenvalue weighted by Gasteiger charge is 2.13. The summed E-state index contributed by atoms with van der Waals surface area (Å²) in [6.45, 7) is 0. The Labute approximate surface area is 168 Å². The lowest BCUT2D eigenvalue weighted by Gasteiger charge is -2.14. The number of anilines is 3. The van der Waals surface area contributed by atoms with E-state index < -0.39 is 5.91 Å². The lowest BCUT2D eigenvalue weighted by molar-refractivity contribution is 0.0954. The molecule has 3 aromatic rings. The molecule has 0 saturated heterocycles. The van der Waals surface area contributed by atoms with Gasteiger partial charge in [0.1, 0.15) is 12.0 Å². The molecule has 11 heteroatoms. The third-order valence-electron chi connectivity index (χ3n) is 3.51. The topological polar surface area (TPSA) is 147 Å². The molecule has 10 nitrogen and oxygen atoms in total. The van der Waals surface area contributed by atoms with Crippen LogP contribution in [0.5, 0.6) is 0 Å². The van der Waals surface area contributed by atoms with Crippen molar-refractivity contribution in [2.45, 2.75) is 0 Å². The molecular weight excluding hydrogens is 428 g/mol. The van der Waals surface area contributed by atoms with Crippen LogP contribution in [-0.4, -0.2) is 26.8 Å². The van der Waals surface area contributed by atoms with Gasteiger partial charge in [0.15, 0.2) is 11.6 Å². The summed E-state index contributed by atoms with van der Waals surface area (Å²) in [6, 6.07) is 10.2. The van der Waals surface area contributed by atoms with Crippen molar-refractivity contribution in [1.29, 1.82) is 0 Å². The minimum atomic E-state index is -0.414. The van der Waals surface area contributed by atoms with Gasteiger partial charge in [-0.1, -0.05) is 12.1 Å². The van der Waals surface area contributed by atoms with Crippen molar-refractivity contribution in [3.63, 3.8) is 0 Å². The first-order valence-corrected chi connectivity index (χ1v) is 8.73. The van der Waals surface area contributed by atoms with Crippen LogP contribution in [0.4, 0.5) is 17.3 Å². The fraction of sp³-hybridized carbons (Fsp3) is 0. The third kappa shape index (κ3) is 4.51. The molecule has 0 radical (unpaired) electrons. The molecule has 2 amide bonds. The second-order valence-electron chi connectivity index (χ2n) is 5.36. The van der Waals surface area contributed by atoms with Crippen LogP contribution < -0.4 is 27.4 Å². The highest BCUT2D eigenvalue weighted by molar-refractivity contribution is 9.10. The standard InChI is InChI=1S/C17H15BrN8O2/c18-12-6-2-1-5-11(12)17(28)26-24-15-13(19)14(21-9-22-15)23-25-16(27)10-4-3-7-20-8-10/h1-9H,19H2,(H,25,27)(H,26,28)(H2,21,22,23,24). The van der Waals surface area contributed by atoms with E-state index in [2.05, 4.69) is 52.6 Å². The molecule has 3 rings (SSSR count). The number of rotatable bonds is 6. The Kier molecular flexibility index (Phi) is 5.97. The summed E-state index contributed by atoms with van der Waals surface area (Å²) < 4.78 is 0.644. The maximum absolute atomic E-state index is 12.2. The Morgan fingerprint density at radius 3 is 2.25 bits per heavy atom. The predicted octanol–water partition coefficient (Wildman–Crippen LogP) is 1.73. The van der Waals surface area contributed by atoms with Crippen molar-refractivity contribution in [2.75, 3.05) is 16.6 Å². The third-order valence-corrected chi connectivity index (χ3v) is 4.21. The van der Waals surface area contributed by atoms with Crippen molar-refractivity contribution < 1.29 is 9.59 Å². The van der Waals surface area contributed by atoms with Gasteiger partial charge in [-0.05, 0) is 40.2 Å². The molecule has 0 aliphatic rings. The van der Waals surface area contributed by atoms with Crippen LogP contribution in [0.15, 0.2) is 59.6 Å². The Bertz CT molecular complexity index is 999. The molecule has 0 atom stereocenters. The van der Waals surface area contributed by atoms with Crippen molar-refractivity contribution in [3.8, 4) is 0 Å². The van der Waals surface area contributed by atoms with E-state index in [9.17, 15) is 9.59 Å². The first kappa shape index (κ1) is 19.0. The van der Waals surface area contributed by atoms with E-state index in [1.165, 1.54) is 12.5 Å². The number of hydrogen-bond acceptors (Lipinski definition) is 8. The maximum atomic E-state index is 12.2. The van der Waals surface area contributed by atoms with E-state index in [0.29, 0.717) is 15.6 Å². The van der Waals surface area contributed by atoms with E-state index in [1.807, 2.05) is 0 Å². The van der Waals surface area contributed by atoms with Crippen LogP contribution in [-0.2, 0) is 0 Å². The molecule has 28 heavy (non-hydrogen) atoms. The highest BCUT2D eigenvalue weighted by Crippen LogP contribution is 2.21. The summed E-state index contributed by atoms with van der Waals surface area (Å²) in [5, 5.41) is 0. The Morgan fingerprint density at radius 1 is 0.929 bits per heavy atom. The maximum Gasteiger partial charge on any atom is 0.271 e. The molecule has 0 bridgehead atoms. The van der Waals surface area contributed by atoms with Gasteiger partial charge >= 0.3 is 0 Å². The lowest BCUT2D eigenvalue weighted by atomic mass is 10.2. The molecule has 142 valence electrons. The minimum absolute atomic E-state index is 0.0985. The Balaban J connectivity index is 1.63. The summed E-state index contributed by atoms with van der Waals surface area (Å²) >= 11 is 3.31. The molecule has 0 spiro atoms. The number of nitrogens with one attached hydrogen (secondary N) is 4. The van der Waals surface area contributed by atoms with Crippen LogP contribution in [0.25, 0.3) is 0 Å². The van der Waals surface area contributed by atoms with Crippen molar-refractivity contribution in [2.24, 2.45) is 0 Å². The number of pyridine rings is 1. The number of amides is 2. The van der Waals surface area contributed by atoms with Crippen molar-refractivity contribution in [3.05, 3.63) is 70.7 Å². The van der Waals surface area contributed by atoms with E-state index in [0.717, 1.165) is 0 Å². The number of carbonyl (C=O) groups excluding carboxylic acids is 2. The molecule has 0 unspecified atom stereocenters. The quantitative estimate of drug-likeness (QED) is 0.362. The van der Waals surface area contributed by atoms with Crippen molar-refractivity contribution >= 4 is 45.1 Å². The van der Waals surface area contributed by atoms with E-state index in [1.54, 1.807) is 42.6 Å². The molecule has 0 aliphatic heterocycles. The molecule has 0 saturated carbocycles. The number of hydrogen-bond donors (Lipinski definition) is 5. The van der Waals surface area contributed by atoms with Crippen LogP contribution in [0.1, 0.15) is 20.7 Å². The van der Waals surface area contributed by atoms with Gasteiger partial charge in [0.25, 0.3) is 11.8 Å². The van der Waals surface area contributed by atoms with E-state index in [4.69, 9.17) is 5.73 Å². The van der Waals surface area contributed by atoms with Gasteiger partial charge in [-0.25, -0.2) is 9.97 Å². The monoisotopic (exact) mass is 442 g/mol. The predicted molar refractivity (Wildman–Crippen MR) is 107 cm³/mol. The normalized spacial score (nSPS) is 10.0. The lowest BCUT2D eigenvalue weighted by Crippen LogP contribution is -2.32. The smallest absolute Gasteiger partial charge is 0.271 e. The number of halogens is 1. The number of hydrazine groups is 2. The summed E-state index contributed by atoms with van der Waals surface area (Å²) in [6.07, 6.45) is 4.21. The van der Waals surface area contributed by atoms with Crippen LogP contribution in [0.3, 0.4) is 0 Å². The van der Waals surface area contributed by atoms with Crippen LogP contribution >= 0.6 is 15.9 Å². The largest absolute Gasteiger partial charge is 0.393 e. The highest BCUT2D eigenvalue weighted by atomic mass is 79.9. The van der Waals surface area contributed by atoms with Gasteiger partial charge in [0.2, 0.25) is 0 Å². The summed E-state index contributed by atoms with van der Waals surface area (Å²) in [5.41, 5.74) is 17.1. The molecule has 0 aliphatic carbocycles. The fourth-order valence-corrected chi connectivity index (χ4v) is 2.57. The molecule has 0 fully saturated rings. The zero-order valence-corrected chi connectivity index (χ0v) is 15.9. The summed E-state index contributed by atoms with van der Waals surface area (Å²) in [4.78, 5) is 36.1. The van der Waals surface area contributed by atoms with E-state index in [-0.39, 0.29) is 23.2 Å². The number of nitrogens with zero attached hydrogens (tertiary/aromatic N) is 3. The van der Waals surface area contributed by atoms with Crippen LogP contribution in [0.2, 0.25) is 0 Å². The number of aromatic nitrogens is 3. The van der Waals surface area contributed by atoms with Gasteiger partial charge in [-0.2, -0.15) is 0 Å². The number of benzene rings is 1. The van der Waals surface area contributed by atoms with Gasteiger partial charge in [-0.15, -0.1) is 0 Å². The number of nitrogen functional groups attached to an aromatic ring is 1. The summed E-state index contributed by atoms with van der Waals surface area (Å²) in [5.74, 6) is -0.480. The molecule has 2 aromatic heterocycles. The average Bonchev–Trinajstić information content (AvgIpc) is 2.72. The number of nitrogens with two attached hydrogens (primary N) is 1. The first-order chi connectivity index (χ1) is 13.6. The SMILES string of the molecule is Nc1c(NNC(=O)c2cccnc2)ncnc1NNC(=O)c1ccccc1Br. The fourth-order valence-electron chi connectivity index (χ4n) is 2.11. The molecule has 1 aromatic carbocycles. The van der Waals surface area contributed by atoms with Gasteiger partial charge in [0, 0.05) is 16.9 Å². The van der Waals surface area contributed by atoms with E-state index >= 15 is 0 Å². The van der Waals surface area contributed by atoms with Gasteiger partial charge in [0.05, 0.1) is 11.1 Å². The minimum Gasteiger partial charge on any atom is -0.393 e.